The molecule has 0 aromatic heterocycles. The Bertz CT molecular complexity index is 1100. The van der Waals surface area contributed by atoms with Crippen molar-refractivity contribution in [2.45, 2.75) is 51.9 Å². The molecular weight excluding hydrogens is 479 g/mol. The average Bonchev–Trinajstić information content (AvgIpc) is 2.87. The monoisotopic (exact) mass is 518 g/mol. The van der Waals surface area contributed by atoms with Crippen molar-refractivity contribution < 1.29 is 14.0 Å². The van der Waals surface area contributed by atoms with E-state index in [1.165, 1.54) is 10.6 Å². The van der Waals surface area contributed by atoms with E-state index in [4.69, 9.17) is 9.16 Å². The van der Waals surface area contributed by atoms with Crippen LogP contribution in [-0.2, 0) is 9.16 Å². The molecule has 0 heterocycles. The third kappa shape index (κ3) is 6.82. The Hall–Kier alpha value is -2.52. The second-order valence-corrected chi connectivity index (χ2v) is 17.7. The summed E-state index contributed by atoms with van der Waals surface area (Å²) in [6.07, 6.45) is 1.28. The van der Waals surface area contributed by atoms with Crippen LogP contribution in [0.5, 0.6) is 0 Å². The summed E-state index contributed by atoms with van der Waals surface area (Å²) in [6.45, 7) is 17.7. The minimum absolute atomic E-state index is 0.00232. The minimum atomic E-state index is -1.90. The minimum Gasteiger partial charge on any atom is -0.454 e. The average molecular weight is 519 g/mol. The maximum Gasteiger partial charge on any atom is 0.339 e. The SMILES string of the molecule is C=C[C@H](OC(=O)c1ccccc1P(c1ccccc1)c1ccccc1)[C@H](C)CO[Si](C)(C)C(C)(C)C. The molecule has 3 aromatic rings. The van der Waals surface area contributed by atoms with Crippen molar-refractivity contribution >= 4 is 38.1 Å². The summed E-state index contributed by atoms with van der Waals surface area (Å²) >= 11 is 0. The van der Waals surface area contributed by atoms with Gasteiger partial charge in [-0.15, -0.1) is 0 Å². The first-order chi connectivity index (χ1) is 17.0. The van der Waals surface area contributed by atoms with Crippen LogP contribution in [0.1, 0.15) is 38.1 Å². The summed E-state index contributed by atoms with van der Waals surface area (Å²) in [5.41, 5.74) is 0.598. The zero-order valence-electron chi connectivity index (χ0n) is 22.4. The Morgan fingerprint density at radius 1 is 0.917 bits per heavy atom. The van der Waals surface area contributed by atoms with Gasteiger partial charge in [0.15, 0.2) is 8.32 Å². The molecule has 0 unspecified atom stereocenters. The van der Waals surface area contributed by atoms with Crippen LogP contribution in [0.3, 0.4) is 0 Å². The number of benzene rings is 3. The van der Waals surface area contributed by atoms with Gasteiger partial charge in [0.2, 0.25) is 0 Å². The third-order valence-corrected chi connectivity index (χ3v) is 13.9. The topological polar surface area (TPSA) is 35.5 Å². The van der Waals surface area contributed by atoms with Gasteiger partial charge < -0.3 is 9.16 Å². The van der Waals surface area contributed by atoms with Crippen LogP contribution in [0.2, 0.25) is 18.1 Å². The fourth-order valence-electron chi connectivity index (χ4n) is 3.66. The van der Waals surface area contributed by atoms with E-state index in [1.807, 2.05) is 54.6 Å². The second kappa shape index (κ2) is 12.1. The molecular formula is C31H39O3PSi. The molecule has 0 radical (unpaired) electrons. The van der Waals surface area contributed by atoms with Crippen molar-refractivity contribution in [3.8, 4) is 0 Å². The van der Waals surface area contributed by atoms with E-state index in [-0.39, 0.29) is 16.9 Å². The van der Waals surface area contributed by atoms with Gasteiger partial charge in [-0.25, -0.2) is 4.79 Å². The molecule has 190 valence electrons. The fourth-order valence-corrected chi connectivity index (χ4v) is 7.21. The molecule has 3 aromatic carbocycles. The number of hydrogen-bond acceptors (Lipinski definition) is 3. The Morgan fingerprint density at radius 2 is 1.42 bits per heavy atom. The highest BCUT2D eigenvalue weighted by Gasteiger charge is 2.38. The van der Waals surface area contributed by atoms with E-state index in [0.29, 0.717) is 12.2 Å². The Morgan fingerprint density at radius 3 is 1.92 bits per heavy atom. The van der Waals surface area contributed by atoms with Crippen LogP contribution in [0, 0.1) is 5.92 Å². The van der Waals surface area contributed by atoms with Crippen LogP contribution in [0.15, 0.2) is 97.6 Å². The molecule has 0 bridgehead atoms. The van der Waals surface area contributed by atoms with Gasteiger partial charge in [0.25, 0.3) is 0 Å². The number of esters is 1. The fraction of sp³-hybridized carbons (Fsp3) is 0.323. The molecule has 0 fully saturated rings. The van der Waals surface area contributed by atoms with Crippen molar-refractivity contribution in [2.24, 2.45) is 5.92 Å². The molecule has 36 heavy (non-hydrogen) atoms. The quantitative estimate of drug-likeness (QED) is 0.128. The zero-order valence-corrected chi connectivity index (χ0v) is 24.3. The Balaban J connectivity index is 1.87. The maximum absolute atomic E-state index is 13.6. The van der Waals surface area contributed by atoms with Crippen molar-refractivity contribution in [3.63, 3.8) is 0 Å². The number of carbonyl (C=O) groups is 1. The van der Waals surface area contributed by atoms with E-state index in [0.717, 1.165) is 5.30 Å². The van der Waals surface area contributed by atoms with E-state index in [2.05, 4.69) is 77.7 Å². The first kappa shape index (κ1) is 28.1. The summed E-state index contributed by atoms with van der Waals surface area (Å²) in [7, 11) is -2.83. The largest absolute Gasteiger partial charge is 0.454 e. The Labute approximate surface area is 219 Å². The lowest BCUT2D eigenvalue weighted by Crippen LogP contribution is -2.43. The van der Waals surface area contributed by atoms with E-state index in [9.17, 15) is 4.79 Å². The van der Waals surface area contributed by atoms with Gasteiger partial charge in [-0.3, -0.25) is 0 Å². The smallest absolute Gasteiger partial charge is 0.339 e. The number of carbonyl (C=O) groups excluding carboxylic acids is 1. The summed E-state index contributed by atoms with van der Waals surface area (Å²) < 4.78 is 12.5. The highest BCUT2D eigenvalue weighted by Crippen LogP contribution is 2.37. The lowest BCUT2D eigenvalue weighted by Gasteiger charge is -2.37. The number of rotatable bonds is 10. The van der Waals surface area contributed by atoms with Crippen LogP contribution < -0.4 is 15.9 Å². The van der Waals surface area contributed by atoms with Gasteiger partial charge in [-0.05, 0) is 48.0 Å². The number of hydrogen-bond donors (Lipinski definition) is 0. The molecule has 0 amide bonds. The van der Waals surface area contributed by atoms with Gasteiger partial charge in [-0.2, -0.15) is 0 Å². The highest BCUT2D eigenvalue weighted by molar-refractivity contribution is 7.80. The van der Waals surface area contributed by atoms with Crippen molar-refractivity contribution in [1.82, 2.24) is 0 Å². The first-order valence-electron chi connectivity index (χ1n) is 12.5. The predicted octanol–water partition coefficient (Wildman–Crippen LogP) is 6.81. The van der Waals surface area contributed by atoms with Crippen LogP contribution in [0.4, 0.5) is 0 Å². The molecule has 2 atom stereocenters. The van der Waals surface area contributed by atoms with E-state index < -0.39 is 22.3 Å². The lowest BCUT2D eigenvalue weighted by molar-refractivity contribution is 0.0231. The maximum atomic E-state index is 13.6. The van der Waals surface area contributed by atoms with Crippen molar-refractivity contribution in [2.75, 3.05) is 6.61 Å². The molecule has 5 heteroatoms. The summed E-state index contributed by atoms with van der Waals surface area (Å²) in [5.74, 6) is -0.327. The normalized spacial score (nSPS) is 13.8. The molecule has 0 saturated carbocycles. The highest BCUT2D eigenvalue weighted by atomic mass is 31.1. The Kier molecular flexibility index (Phi) is 9.46. The van der Waals surface area contributed by atoms with E-state index >= 15 is 0 Å². The molecule has 0 saturated heterocycles. The van der Waals surface area contributed by atoms with Gasteiger partial charge in [0.05, 0.1) is 5.56 Å². The lowest BCUT2D eigenvalue weighted by atomic mass is 10.1. The van der Waals surface area contributed by atoms with E-state index in [1.54, 1.807) is 6.08 Å². The molecule has 3 rings (SSSR count). The molecule has 0 spiro atoms. The van der Waals surface area contributed by atoms with Gasteiger partial charge in [-0.1, -0.05) is 119 Å². The van der Waals surface area contributed by atoms with Crippen molar-refractivity contribution in [1.29, 1.82) is 0 Å². The van der Waals surface area contributed by atoms with Crippen LogP contribution in [-0.4, -0.2) is 27.0 Å². The molecule has 0 aliphatic rings. The summed E-state index contributed by atoms with van der Waals surface area (Å²) in [5, 5.41) is 3.49. The second-order valence-electron chi connectivity index (χ2n) is 10.7. The number of ether oxygens (including phenoxy) is 1. The van der Waals surface area contributed by atoms with Crippen molar-refractivity contribution in [3.05, 3.63) is 103 Å². The summed E-state index contributed by atoms with van der Waals surface area (Å²) in [4.78, 5) is 13.6. The molecule has 0 aliphatic heterocycles. The standard InChI is InChI=1S/C31H39O3PSi/c1-8-28(24(2)23-33-36(6,7)31(3,4)5)34-30(32)27-21-15-16-22-29(27)35(25-17-11-9-12-18-25)26-19-13-10-14-20-26/h8-22,24,28H,1,23H2,2-7H3/t24-,28+/m1/s1. The summed E-state index contributed by atoms with van der Waals surface area (Å²) in [6, 6.07) is 28.6. The van der Waals surface area contributed by atoms with Crippen LogP contribution >= 0.6 is 7.92 Å². The predicted molar refractivity (Wildman–Crippen MR) is 157 cm³/mol. The van der Waals surface area contributed by atoms with Gasteiger partial charge in [0, 0.05) is 12.5 Å². The molecule has 3 nitrogen and oxygen atoms in total. The first-order valence-corrected chi connectivity index (χ1v) is 16.8. The van der Waals surface area contributed by atoms with Gasteiger partial charge >= 0.3 is 5.97 Å². The third-order valence-electron chi connectivity index (χ3n) is 6.94. The van der Waals surface area contributed by atoms with Crippen LogP contribution in [0.25, 0.3) is 0 Å². The zero-order chi connectivity index (χ0) is 26.3. The molecule has 0 aliphatic carbocycles. The molecule has 0 N–H and O–H groups in total. The van der Waals surface area contributed by atoms with Gasteiger partial charge in [0.1, 0.15) is 6.10 Å².